The summed E-state index contributed by atoms with van der Waals surface area (Å²) in [5.74, 6) is 0.115. The molecule has 0 aliphatic heterocycles. The molecule has 5 heteroatoms. The smallest absolute Gasteiger partial charge is 0.253 e. The van der Waals surface area contributed by atoms with E-state index in [1.807, 2.05) is 49.3 Å². The van der Waals surface area contributed by atoms with Crippen LogP contribution in [0.2, 0.25) is 0 Å². The van der Waals surface area contributed by atoms with Gasteiger partial charge in [0.2, 0.25) is 5.91 Å². The quantitative estimate of drug-likeness (QED) is 0.651. The highest BCUT2D eigenvalue weighted by atomic mass is 16.2. The van der Waals surface area contributed by atoms with Crippen LogP contribution >= 0.6 is 0 Å². The number of carbonyl (C=O) groups is 2. The SMILES string of the molecule is CCC(=O)N[C@H]1CC[C@@H](N(C)C(=O)c2ccc(-c3ccc4[nH]cc(C)c4c3)cc2)C1. The summed E-state index contributed by atoms with van der Waals surface area (Å²) in [5.41, 5.74) is 5.30. The maximum Gasteiger partial charge on any atom is 0.253 e. The number of nitrogens with zero attached hydrogens (tertiary/aromatic N) is 1. The molecule has 2 atom stereocenters. The number of aromatic amines is 1. The van der Waals surface area contributed by atoms with Crippen molar-refractivity contribution >= 4 is 22.7 Å². The molecule has 1 fully saturated rings. The van der Waals surface area contributed by atoms with Crippen molar-refractivity contribution in [3.05, 3.63) is 59.8 Å². The summed E-state index contributed by atoms with van der Waals surface area (Å²) in [7, 11) is 1.87. The van der Waals surface area contributed by atoms with E-state index in [0.29, 0.717) is 12.0 Å². The number of aromatic nitrogens is 1. The van der Waals surface area contributed by atoms with Gasteiger partial charge in [0.25, 0.3) is 5.91 Å². The van der Waals surface area contributed by atoms with Crippen molar-refractivity contribution in [1.29, 1.82) is 0 Å². The molecule has 1 saturated carbocycles. The average Bonchev–Trinajstić information content (AvgIpc) is 3.39. The lowest BCUT2D eigenvalue weighted by Crippen LogP contribution is -2.38. The van der Waals surface area contributed by atoms with Crippen molar-refractivity contribution in [2.45, 2.75) is 51.6 Å². The molecule has 0 radical (unpaired) electrons. The average molecular weight is 404 g/mol. The Hall–Kier alpha value is -3.08. The van der Waals surface area contributed by atoms with Crippen molar-refractivity contribution < 1.29 is 9.59 Å². The Morgan fingerprint density at radius 2 is 1.83 bits per heavy atom. The van der Waals surface area contributed by atoms with Crippen molar-refractivity contribution in [2.75, 3.05) is 7.05 Å². The Balaban J connectivity index is 1.44. The zero-order valence-electron chi connectivity index (χ0n) is 17.9. The molecule has 2 aromatic carbocycles. The van der Waals surface area contributed by atoms with E-state index in [9.17, 15) is 9.59 Å². The number of hydrogen-bond acceptors (Lipinski definition) is 2. The minimum absolute atomic E-state index is 0.0333. The third-order valence-corrected chi connectivity index (χ3v) is 6.31. The number of benzene rings is 2. The van der Waals surface area contributed by atoms with E-state index in [1.54, 1.807) is 0 Å². The predicted molar refractivity (Wildman–Crippen MR) is 120 cm³/mol. The summed E-state index contributed by atoms with van der Waals surface area (Å²) >= 11 is 0. The number of amides is 2. The van der Waals surface area contributed by atoms with E-state index in [-0.39, 0.29) is 23.9 Å². The second-order valence-corrected chi connectivity index (χ2v) is 8.31. The molecule has 30 heavy (non-hydrogen) atoms. The summed E-state index contributed by atoms with van der Waals surface area (Å²) in [6.07, 6.45) is 5.19. The van der Waals surface area contributed by atoms with E-state index >= 15 is 0 Å². The van der Waals surface area contributed by atoms with Crippen molar-refractivity contribution in [3.8, 4) is 11.1 Å². The largest absolute Gasteiger partial charge is 0.361 e. The Kier molecular flexibility index (Phi) is 5.62. The molecule has 1 aromatic heterocycles. The van der Waals surface area contributed by atoms with E-state index in [4.69, 9.17) is 0 Å². The molecular weight excluding hydrogens is 374 g/mol. The zero-order chi connectivity index (χ0) is 21.3. The van der Waals surface area contributed by atoms with Gasteiger partial charge in [-0.25, -0.2) is 0 Å². The molecule has 0 bridgehead atoms. The maximum atomic E-state index is 13.0. The molecule has 2 N–H and O–H groups in total. The van der Waals surface area contributed by atoms with Crippen LogP contribution in [0.25, 0.3) is 22.0 Å². The summed E-state index contributed by atoms with van der Waals surface area (Å²) in [6, 6.07) is 14.6. The van der Waals surface area contributed by atoms with Crippen LogP contribution < -0.4 is 5.32 Å². The standard InChI is InChI=1S/C25H29N3O2/c1-4-24(29)27-20-10-11-21(14-20)28(3)25(30)18-7-5-17(6-8-18)19-9-12-23-22(13-19)16(2)15-26-23/h5-9,12-13,15,20-21,26H,4,10-11,14H2,1-3H3,(H,27,29)/t20-,21+/m0/s1. The van der Waals surface area contributed by atoms with Crippen LogP contribution in [0.15, 0.2) is 48.7 Å². The van der Waals surface area contributed by atoms with Gasteiger partial charge < -0.3 is 15.2 Å². The Morgan fingerprint density at radius 3 is 2.57 bits per heavy atom. The number of hydrogen-bond donors (Lipinski definition) is 2. The molecule has 3 aromatic rings. The van der Waals surface area contributed by atoms with Crippen LogP contribution in [0.4, 0.5) is 0 Å². The van der Waals surface area contributed by atoms with Crippen LogP contribution in [0.5, 0.6) is 0 Å². The first kappa shape index (κ1) is 20.2. The fourth-order valence-electron chi connectivity index (χ4n) is 4.38. The lowest BCUT2D eigenvalue weighted by Gasteiger charge is -2.25. The number of H-pyrrole nitrogens is 1. The molecule has 1 aliphatic carbocycles. The van der Waals surface area contributed by atoms with Gasteiger partial charge in [-0.05, 0) is 67.1 Å². The molecule has 156 valence electrons. The van der Waals surface area contributed by atoms with Crippen LogP contribution in [-0.2, 0) is 4.79 Å². The minimum Gasteiger partial charge on any atom is -0.361 e. The van der Waals surface area contributed by atoms with E-state index < -0.39 is 0 Å². The lowest BCUT2D eigenvalue weighted by atomic mass is 10.0. The van der Waals surface area contributed by atoms with Gasteiger partial charge in [-0.2, -0.15) is 0 Å². The van der Waals surface area contributed by atoms with Crippen LogP contribution in [0.3, 0.4) is 0 Å². The number of aryl methyl sites for hydroxylation is 1. The molecule has 4 rings (SSSR count). The van der Waals surface area contributed by atoms with Gasteiger partial charge >= 0.3 is 0 Å². The maximum absolute atomic E-state index is 13.0. The fraction of sp³-hybridized carbons (Fsp3) is 0.360. The van der Waals surface area contributed by atoms with Crippen molar-refractivity contribution in [1.82, 2.24) is 15.2 Å². The van der Waals surface area contributed by atoms with Crippen molar-refractivity contribution in [2.24, 2.45) is 0 Å². The number of carbonyl (C=O) groups excluding carboxylic acids is 2. The van der Waals surface area contributed by atoms with Gasteiger partial charge in [0.15, 0.2) is 0 Å². The molecule has 0 spiro atoms. The Labute approximate surface area is 177 Å². The van der Waals surface area contributed by atoms with Crippen LogP contribution in [0, 0.1) is 6.92 Å². The monoisotopic (exact) mass is 403 g/mol. The Bertz CT molecular complexity index is 1070. The highest BCUT2D eigenvalue weighted by Crippen LogP contribution is 2.28. The third kappa shape index (κ3) is 3.97. The first-order valence-electron chi connectivity index (χ1n) is 10.7. The predicted octanol–water partition coefficient (Wildman–Crippen LogP) is 4.66. The molecule has 2 amide bonds. The van der Waals surface area contributed by atoms with E-state index in [0.717, 1.165) is 35.9 Å². The van der Waals surface area contributed by atoms with Gasteiger partial charge in [-0.1, -0.05) is 25.1 Å². The normalized spacial score (nSPS) is 18.5. The molecule has 0 unspecified atom stereocenters. The molecule has 5 nitrogen and oxygen atoms in total. The molecule has 1 aliphatic rings. The highest BCUT2D eigenvalue weighted by Gasteiger charge is 2.30. The molecule has 1 heterocycles. The van der Waals surface area contributed by atoms with Gasteiger partial charge in [0.1, 0.15) is 0 Å². The zero-order valence-corrected chi connectivity index (χ0v) is 17.9. The topological polar surface area (TPSA) is 65.2 Å². The first-order valence-corrected chi connectivity index (χ1v) is 10.7. The second-order valence-electron chi connectivity index (χ2n) is 8.31. The van der Waals surface area contributed by atoms with Gasteiger partial charge in [-0.15, -0.1) is 0 Å². The fourth-order valence-corrected chi connectivity index (χ4v) is 4.38. The number of rotatable bonds is 5. The molecule has 0 saturated heterocycles. The summed E-state index contributed by atoms with van der Waals surface area (Å²) in [4.78, 5) is 29.7. The lowest BCUT2D eigenvalue weighted by molar-refractivity contribution is -0.121. The third-order valence-electron chi connectivity index (χ3n) is 6.31. The van der Waals surface area contributed by atoms with E-state index in [1.165, 1.54) is 10.9 Å². The number of fused-ring (bicyclic) bond motifs is 1. The summed E-state index contributed by atoms with van der Waals surface area (Å²) in [5, 5.41) is 4.27. The molecular formula is C25H29N3O2. The van der Waals surface area contributed by atoms with Crippen molar-refractivity contribution in [3.63, 3.8) is 0 Å². The van der Waals surface area contributed by atoms with Gasteiger partial charge in [0.05, 0.1) is 0 Å². The van der Waals surface area contributed by atoms with Gasteiger partial charge in [0, 0.05) is 48.2 Å². The first-order chi connectivity index (χ1) is 14.5. The highest BCUT2D eigenvalue weighted by molar-refractivity contribution is 5.95. The second kappa shape index (κ2) is 8.34. The van der Waals surface area contributed by atoms with Crippen LogP contribution in [0.1, 0.15) is 48.5 Å². The summed E-state index contributed by atoms with van der Waals surface area (Å²) in [6.45, 7) is 3.96. The number of nitrogens with one attached hydrogen (secondary N) is 2. The summed E-state index contributed by atoms with van der Waals surface area (Å²) < 4.78 is 0. The van der Waals surface area contributed by atoms with Crippen LogP contribution in [-0.4, -0.2) is 40.8 Å². The van der Waals surface area contributed by atoms with E-state index in [2.05, 4.69) is 35.4 Å². The minimum atomic E-state index is 0.0333. The van der Waals surface area contributed by atoms with Gasteiger partial charge in [-0.3, -0.25) is 9.59 Å². The Morgan fingerprint density at radius 1 is 1.10 bits per heavy atom.